The normalized spacial score (nSPS) is 23.2. The van der Waals surface area contributed by atoms with Crippen molar-refractivity contribution < 1.29 is 79.5 Å². The van der Waals surface area contributed by atoms with Crippen LogP contribution in [-0.2, 0) is 67.8 Å². The molecule has 0 saturated carbocycles. The number of hydrogen-bond acceptors (Lipinski definition) is 15. The number of hydrogen-bond donors (Lipinski definition) is 7. The van der Waals surface area contributed by atoms with Crippen LogP contribution in [0.3, 0.4) is 0 Å². The van der Waals surface area contributed by atoms with Crippen LogP contribution in [0.1, 0.15) is 176 Å². The van der Waals surface area contributed by atoms with Crippen LogP contribution in [0.2, 0.25) is 0 Å². The van der Waals surface area contributed by atoms with Crippen molar-refractivity contribution in [3.8, 4) is 0 Å². The molecule has 2 aliphatic rings. The van der Waals surface area contributed by atoms with Gasteiger partial charge in [-0.25, -0.2) is 9.59 Å². The molecule has 20 unspecified atom stereocenters. The van der Waals surface area contributed by atoms with Gasteiger partial charge in [-0.15, -0.1) is 0 Å². The summed E-state index contributed by atoms with van der Waals surface area (Å²) in [4.78, 5) is 83.0. The van der Waals surface area contributed by atoms with E-state index in [-0.39, 0.29) is 51.5 Å². The first-order chi connectivity index (χ1) is 40.2. The summed E-state index contributed by atoms with van der Waals surface area (Å²) in [6, 6.07) is 0.307. The fourth-order valence-corrected chi connectivity index (χ4v) is 11.5. The Morgan fingerprint density at radius 3 is 1.45 bits per heavy atom. The minimum absolute atomic E-state index is 0. The number of nitrogens with two attached hydrogens (primary N) is 1. The maximum absolute atomic E-state index is 13.4. The van der Waals surface area contributed by atoms with Crippen LogP contribution in [0.15, 0.2) is 35.5 Å². The van der Waals surface area contributed by atoms with E-state index in [1.807, 2.05) is 22.2 Å². The van der Waals surface area contributed by atoms with Crippen LogP contribution < -0.4 is 33.5 Å². The Morgan fingerprint density at radius 1 is 0.674 bits per heavy atom. The van der Waals surface area contributed by atoms with Gasteiger partial charge >= 0.3 is 215 Å². The van der Waals surface area contributed by atoms with Gasteiger partial charge in [0, 0.05) is 25.6 Å². The van der Waals surface area contributed by atoms with Gasteiger partial charge in [0.05, 0.1) is 12.7 Å². The summed E-state index contributed by atoms with van der Waals surface area (Å²) in [6.07, 6.45) is 0.609. The number of nitrogens with zero attached hydrogens (tertiary/aromatic N) is 3. The van der Waals surface area contributed by atoms with Gasteiger partial charge in [0.1, 0.15) is 18.9 Å². The molecule has 498 valence electrons. The number of carbonyl (C=O) groups is 2. The summed E-state index contributed by atoms with van der Waals surface area (Å²) in [5.41, 5.74) is 5.24. The predicted molar refractivity (Wildman–Crippen MR) is 341 cm³/mol. The Hall–Kier alpha value is -2.48. The molecule has 0 radical (unpaired) electrons. The van der Waals surface area contributed by atoms with Crippen molar-refractivity contribution in [1.29, 1.82) is 4.21 Å². The van der Waals surface area contributed by atoms with Gasteiger partial charge in [-0.1, -0.05) is 147 Å². The second kappa shape index (κ2) is 41.8. The molecule has 2 fully saturated rings. The minimum atomic E-state index is -1.13. The zero-order valence-electron chi connectivity index (χ0n) is 56.0. The summed E-state index contributed by atoms with van der Waals surface area (Å²) in [6.45, 7) is 46.2. The third-order valence-electron chi connectivity index (χ3n) is 19.8. The van der Waals surface area contributed by atoms with Crippen molar-refractivity contribution in [2.75, 3.05) is 31.4 Å². The average Bonchev–Trinajstić information content (AvgIpc) is 2.88. The summed E-state index contributed by atoms with van der Waals surface area (Å²) in [5.74, 6) is 7.24. The van der Waals surface area contributed by atoms with E-state index in [0.717, 1.165) is 24.2 Å². The number of aliphatic carboxylic acids is 1. The first-order valence-corrected chi connectivity index (χ1v) is 34.3. The summed E-state index contributed by atoms with van der Waals surface area (Å²) in [7, 11) is 0. The summed E-state index contributed by atoms with van der Waals surface area (Å²) >= 11 is 5.69. The number of amides is 1. The second-order valence-corrected chi connectivity index (χ2v) is 25.8. The van der Waals surface area contributed by atoms with Crippen molar-refractivity contribution in [2.45, 2.75) is 214 Å². The molecule has 4 heterocycles. The van der Waals surface area contributed by atoms with E-state index in [1.54, 1.807) is 31.1 Å². The molecule has 0 aliphatic carbocycles. The van der Waals surface area contributed by atoms with E-state index in [9.17, 15) is 33.9 Å². The van der Waals surface area contributed by atoms with Crippen molar-refractivity contribution >= 4 is 34.5 Å². The van der Waals surface area contributed by atoms with Gasteiger partial charge in [-0.3, -0.25) is 14.3 Å². The van der Waals surface area contributed by atoms with Crippen LogP contribution in [0.5, 0.6) is 0 Å². The quantitative estimate of drug-likeness (QED) is 0.0226. The number of nitrogens with one attached hydrogen (secondary N) is 4. The zero-order valence-corrected chi connectivity index (χ0v) is 60.9. The van der Waals surface area contributed by atoms with Crippen LogP contribution in [-0.4, -0.2) is 109 Å². The van der Waals surface area contributed by atoms with E-state index >= 15 is 0 Å². The van der Waals surface area contributed by atoms with E-state index in [2.05, 4.69) is 173 Å². The number of aromatic amines is 2. The Kier molecular flexibility index (Phi) is 40.6. The SMILES string of the molecule is CC(C)C(C)C(C)C(C)C(C)C(N)C(C)C(C)C(C)C.CCC(C)C(C)C(C)C(NC(=O)COC1CC(n2cc(C)c(=O)[nH]c2=O)OC1CO[N]=[V])C(C)C(C)C(C)C(C)C.CI.Cc1cn(C2CC(OCC(=O)O)C(CO)O2)c(=O)[nH]c1=O.[3HH].[NH]=[V]. The van der Waals surface area contributed by atoms with E-state index in [4.69, 9.17) is 38.8 Å². The molecular formula is C62H115IN8O13V2. The molecule has 21 nitrogen and oxygen atoms in total. The monoisotopic (exact) mass is 1410 g/mol. The second-order valence-electron chi connectivity index (χ2n) is 25.6. The fourth-order valence-electron chi connectivity index (χ4n) is 11.4. The number of aromatic nitrogens is 4. The van der Waals surface area contributed by atoms with E-state index in [0.29, 0.717) is 82.8 Å². The molecular weight excluding hydrogens is 1290 g/mol. The van der Waals surface area contributed by atoms with Gasteiger partial charge < -0.3 is 25.4 Å². The molecule has 2 aromatic rings. The topological polar surface area (TPSA) is 305 Å². The molecule has 4 rings (SSSR count). The number of H-pyrrole nitrogens is 2. The number of carboxylic acid groups (broad SMARTS) is 1. The van der Waals surface area contributed by atoms with Gasteiger partial charge in [0.15, 0.2) is 0 Å². The van der Waals surface area contributed by atoms with Crippen LogP contribution in [0.25, 0.3) is 0 Å². The fraction of sp³-hybridized carbons (Fsp3) is 0.839. The number of ether oxygens (including phenoxy) is 4. The Balaban J connectivity index is 0. The first-order valence-electron chi connectivity index (χ1n) is 30.8. The van der Waals surface area contributed by atoms with Crippen molar-refractivity contribution in [3.05, 3.63) is 65.2 Å². The van der Waals surface area contributed by atoms with Crippen molar-refractivity contribution in [2.24, 2.45) is 98.5 Å². The summed E-state index contributed by atoms with van der Waals surface area (Å²) < 4.78 is 34.7. The van der Waals surface area contributed by atoms with Crippen LogP contribution in [0, 0.1) is 107 Å². The van der Waals surface area contributed by atoms with E-state index < -0.39 is 71.9 Å². The number of carbonyl (C=O) groups excluding carboxylic acids is 1. The van der Waals surface area contributed by atoms with E-state index in [1.165, 1.54) is 21.5 Å². The number of rotatable bonds is 29. The summed E-state index contributed by atoms with van der Waals surface area (Å²) in [5, 5.41) is 21.2. The standard InChI is InChI=1S/C30H52N4O6.C19H41N.C12H16N2O7.CH3I.HN.2V.H2/c1-11-17(4)20(7)22(9)28(23(10)21(8)19(6)16(2)3)32-26(35)15-38-24-12-27(40-25(24)14-39-31)34-13-18(5)29(36)33-30(34)37;1-11(2)13(5)15(7)16(8)18(10)19(20)17(9)14(6)12(3)4;1-6-3-14(12(19)13-11(6)18)9-2-7(8(4-15)21-9)20-5-10(16)17;1-2;;;;/h13,16-17,19-25,27-28H,11-12,14-15H2,1-10H3,(H,32,35)(H,33,36,37);11-19H,20H2,1-10H3;3,7-9,15H,2,4-5H2,1H3,(H,16,17)(H,13,18,19);1H3;1H;;;1H/i;;;;;;;1+2. The van der Waals surface area contributed by atoms with Gasteiger partial charge in [0.2, 0.25) is 0 Å². The maximum atomic E-state index is 13.4. The number of aliphatic hydroxyl groups excluding tert-OH is 1. The van der Waals surface area contributed by atoms with Gasteiger partial charge in [-0.05, 0) is 77.0 Å². The molecule has 0 spiro atoms. The number of halogens is 1. The zero-order chi connectivity index (χ0) is 66.8. The molecule has 8 N–H and O–H groups in total. The van der Waals surface area contributed by atoms with Crippen LogP contribution in [0.4, 0.5) is 0 Å². The molecule has 20 atom stereocenters. The molecule has 1 amide bonds. The Bertz CT molecular complexity index is 2520. The average molecular weight is 1410 g/mol. The molecule has 0 bridgehead atoms. The molecule has 2 aliphatic heterocycles. The van der Waals surface area contributed by atoms with Gasteiger partial charge in [0.25, 0.3) is 5.56 Å². The number of aliphatic hydroxyl groups is 1. The molecule has 2 saturated heterocycles. The number of carboxylic acids is 1. The van der Waals surface area contributed by atoms with Crippen LogP contribution >= 0.6 is 22.6 Å². The van der Waals surface area contributed by atoms with Crippen molar-refractivity contribution in [1.82, 2.24) is 24.4 Å². The number of alkyl halides is 1. The molecule has 24 heteroatoms. The molecule has 2 aromatic heterocycles. The third kappa shape index (κ3) is 25.7. The first kappa shape index (κ1) is 83.5. The third-order valence-corrected chi connectivity index (χ3v) is 20.0. The number of aryl methyl sites for hydroxylation is 2. The Labute approximate surface area is 547 Å². The van der Waals surface area contributed by atoms with Gasteiger partial charge in [-0.2, -0.15) is 0 Å². The predicted octanol–water partition coefficient (Wildman–Crippen LogP) is 10.2. The van der Waals surface area contributed by atoms with Crippen molar-refractivity contribution in [3.63, 3.8) is 0 Å². The molecule has 86 heavy (non-hydrogen) atoms. The molecule has 0 aromatic carbocycles. The Morgan fingerprint density at radius 2 is 1.05 bits per heavy atom.